The van der Waals surface area contributed by atoms with Crippen LogP contribution in [-0.2, 0) is 11.3 Å². The van der Waals surface area contributed by atoms with Crippen molar-refractivity contribution >= 4 is 16.9 Å². The Labute approximate surface area is 125 Å². The number of hydrogen-bond donors (Lipinski definition) is 2. The standard InChI is InChI=1S/C16H24N4O/c1-4-16(17,5-2)15(21)18-10-11-20-12(3)19-13-8-6-7-9-14(13)20/h6-9H,4-5,10-11,17H2,1-3H3,(H,18,21). The third kappa shape index (κ3) is 3.08. The molecule has 2 aromatic rings. The molecule has 0 saturated heterocycles. The fourth-order valence-electron chi connectivity index (χ4n) is 2.51. The molecule has 1 heterocycles. The molecule has 0 aliphatic rings. The molecule has 3 N–H and O–H groups in total. The van der Waals surface area contributed by atoms with Crippen LogP contribution in [0.4, 0.5) is 0 Å². The van der Waals surface area contributed by atoms with Gasteiger partial charge in [0.05, 0.1) is 16.6 Å². The molecule has 0 radical (unpaired) electrons. The second-order valence-corrected chi connectivity index (χ2v) is 5.42. The first kappa shape index (κ1) is 15.5. The molecule has 1 aromatic carbocycles. The first-order chi connectivity index (χ1) is 10.0. The van der Waals surface area contributed by atoms with Crippen molar-refractivity contribution in [1.82, 2.24) is 14.9 Å². The van der Waals surface area contributed by atoms with Crippen LogP contribution in [0.1, 0.15) is 32.5 Å². The van der Waals surface area contributed by atoms with E-state index in [4.69, 9.17) is 5.73 Å². The lowest BCUT2D eigenvalue weighted by Crippen LogP contribution is -2.53. The Kier molecular flexibility index (Phi) is 4.63. The van der Waals surface area contributed by atoms with Crippen molar-refractivity contribution in [3.05, 3.63) is 30.1 Å². The predicted octanol–water partition coefficient (Wildman–Crippen LogP) is 1.98. The summed E-state index contributed by atoms with van der Waals surface area (Å²) in [5, 5.41) is 2.94. The third-order valence-electron chi connectivity index (χ3n) is 4.18. The fraction of sp³-hybridized carbons (Fsp3) is 0.500. The van der Waals surface area contributed by atoms with E-state index in [1.54, 1.807) is 0 Å². The highest BCUT2D eigenvalue weighted by atomic mass is 16.2. The Morgan fingerprint density at radius 1 is 1.33 bits per heavy atom. The van der Waals surface area contributed by atoms with Crippen LogP contribution in [0.3, 0.4) is 0 Å². The number of aryl methyl sites for hydroxylation is 1. The SMILES string of the molecule is CCC(N)(CC)C(=O)NCCn1c(C)nc2ccccc21. The number of carbonyl (C=O) groups excluding carboxylic acids is 1. The van der Waals surface area contributed by atoms with E-state index in [-0.39, 0.29) is 5.91 Å². The van der Waals surface area contributed by atoms with Gasteiger partial charge >= 0.3 is 0 Å². The van der Waals surface area contributed by atoms with Crippen LogP contribution in [0.25, 0.3) is 11.0 Å². The maximum Gasteiger partial charge on any atom is 0.240 e. The van der Waals surface area contributed by atoms with Gasteiger partial charge in [-0.3, -0.25) is 4.79 Å². The van der Waals surface area contributed by atoms with Gasteiger partial charge in [0, 0.05) is 13.1 Å². The normalized spacial score (nSPS) is 11.8. The minimum Gasteiger partial charge on any atom is -0.353 e. The van der Waals surface area contributed by atoms with Crippen molar-refractivity contribution in [1.29, 1.82) is 0 Å². The summed E-state index contributed by atoms with van der Waals surface area (Å²) < 4.78 is 2.12. The molecule has 1 amide bonds. The Balaban J connectivity index is 2.03. The molecule has 0 unspecified atom stereocenters. The predicted molar refractivity (Wildman–Crippen MR) is 85.0 cm³/mol. The van der Waals surface area contributed by atoms with Crippen LogP contribution in [0.2, 0.25) is 0 Å². The average molecular weight is 288 g/mol. The molecule has 0 aliphatic carbocycles. The molecule has 2 rings (SSSR count). The van der Waals surface area contributed by atoms with Gasteiger partial charge in [0.1, 0.15) is 5.82 Å². The minimum absolute atomic E-state index is 0.0745. The van der Waals surface area contributed by atoms with Crippen LogP contribution in [-0.4, -0.2) is 27.5 Å². The fourth-order valence-corrected chi connectivity index (χ4v) is 2.51. The molecule has 21 heavy (non-hydrogen) atoms. The molecule has 0 bridgehead atoms. The van der Waals surface area contributed by atoms with Gasteiger partial charge in [-0.1, -0.05) is 26.0 Å². The summed E-state index contributed by atoms with van der Waals surface area (Å²) in [5.41, 5.74) is 7.41. The molecule has 5 heteroatoms. The number of amides is 1. The first-order valence-corrected chi connectivity index (χ1v) is 7.51. The first-order valence-electron chi connectivity index (χ1n) is 7.51. The van der Waals surface area contributed by atoms with E-state index in [1.165, 1.54) is 0 Å². The van der Waals surface area contributed by atoms with E-state index in [0.717, 1.165) is 16.9 Å². The van der Waals surface area contributed by atoms with Crippen molar-refractivity contribution in [2.75, 3.05) is 6.54 Å². The van der Waals surface area contributed by atoms with E-state index < -0.39 is 5.54 Å². The second-order valence-electron chi connectivity index (χ2n) is 5.42. The molecule has 0 spiro atoms. The van der Waals surface area contributed by atoms with Gasteiger partial charge in [-0.15, -0.1) is 0 Å². The van der Waals surface area contributed by atoms with Crippen molar-refractivity contribution < 1.29 is 4.79 Å². The lowest BCUT2D eigenvalue weighted by atomic mass is 9.93. The van der Waals surface area contributed by atoms with Crippen LogP contribution in [0.5, 0.6) is 0 Å². The van der Waals surface area contributed by atoms with Gasteiger partial charge in [0.15, 0.2) is 0 Å². The maximum atomic E-state index is 12.1. The van der Waals surface area contributed by atoms with Crippen molar-refractivity contribution in [2.45, 2.75) is 45.7 Å². The quantitative estimate of drug-likeness (QED) is 0.853. The summed E-state index contributed by atoms with van der Waals surface area (Å²) in [4.78, 5) is 16.7. The summed E-state index contributed by atoms with van der Waals surface area (Å²) >= 11 is 0. The van der Waals surface area contributed by atoms with E-state index in [2.05, 4.69) is 14.9 Å². The van der Waals surface area contributed by atoms with Gasteiger partial charge < -0.3 is 15.6 Å². The van der Waals surface area contributed by atoms with E-state index in [1.807, 2.05) is 45.0 Å². The van der Waals surface area contributed by atoms with Gasteiger partial charge in [-0.25, -0.2) is 4.98 Å². The average Bonchev–Trinajstić information content (AvgIpc) is 2.82. The number of fused-ring (bicyclic) bond motifs is 1. The highest BCUT2D eigenvalue weighted by molar-refractivity contribution is 5.85. The second kappa shape index (κ2) is 6.26. The summed E-state index contributed by atoms with van der Waals surface area (Å²) in [6.07, 6.45) is 1.28. The van der Waals surface area contributed by atoms with Crippen LogP contribution in [0, 0.1) is 6.92 Å². The van der Waals surface area contributed by atoms with Gasteiger partial charge in [0.25, 0.3) is 0 Å². The zero-order chi connectivity index (χ0) is 15.5. The van der Waals surface area contributed by atoms with Crippen molar-refractivity contribution in [3.63, 3.8) is 0 Å². The Bertz CT molecular complexity index is 628. The Hall–Kier alpha value is -1.88. The number of nitrogens with zero attached hydrogens (tertiary/aromatic N) is 2. The van der Waals surface area contributed by atoms with Crippen molar-refractivity contribution in [3.8, 4) is 0 Å². The lowest BCUT2D eigenvalue weighted by Gasteiger charge is -2.25. The molecule has 0 saturated carbocycles. The number of aromatic nitrogens is 2. The molecule has 5 nitrogen and oxygen atoms in total. The molecule has 114 valence electrons. The van der Waals surface area contributed by atoms with Crippen LogP contribution in [0.15, 0.2) is 24.3 Å². The smallest absolute Gasteiger partial charge is 0.240 e. The highest BCUT2D eigenvalue weighted by Gasteiger charge is 2.29. The largest absolute Gasteiger partial charge is 0.353 e. The van der Waals surface area contributed by atoms with Gasteiger partial charge in [-0.05, 0) is 31.9 Å². The summed E-state index contributed by atoms with van der Waals surface area (Å²) in [5.74, 6) is 0.880. The highest BCUT2D eigenvalue weighted by Crippen LogP contribution is 2.15. The molecular formula is C16H24N4O. The summed E-state index contributed by atoms with van der Waals surface area (Å²) in [6, 6.07) is 8.02. The monoisotopic (exact) mass is 288 g/mol. The number of para-hydroxylation sites is 2. The van der Waals surface area contributed by atoms with E-state index >= 15 is 0 Å². The minimum atomic E-state index is -0.758. The van der Waals surface area contributed by atoms with Gasteiger partial charge in [0.2, 0.25) is 5.91 Å². The summed E-state index contributed by atoms with van der Waals surface area (Å²) in [6.45, 7) is 7.11. The maximum absolute atomic E-state index is 12.1. The lowest BCUT2D eigenvalue weighted by molar-refractivity contribution is -0.126. The molecule has 0 atom stereocenters. The molecule has 0 fully saturated rings. The third-order valence-corrected chi connectivity index (χ3v) is 4.18. The van der Waals surface area contributed by atoms with E-state index in [0.29, 0.717) is 25.9 Å². The number of carbonyl (C=O) groups is 1. The Morgan fingerprint density at radius 3 is 2.67 bits per heavy atom. The molecule has 0 aliphatic heterocycles. The van der Waals surface area contributed by atoms with Crippen LogP contribution >= 0.6 is 0 Å². The number of imidazole rings is 1. The zero-order valence-electron chi connectivity index (χ0n) is 13.0. The van der Waals surface area contributed by atoms with Gasteiger partial charge in [-0.2, -0.15) is 0 Å². The molecular weight excluding hydrogens is 264 g/mol. The summed E-state index contributed by atoms with van der Waals surface area (Å²) in [7, 11) is 0. The zero-order valence-corrected chi connectivity index (χ0v) is 13.0. The van der Waals surface area contributed by atoms with Crippen molar-refractivity contribution in [2.24, 2.45) is 5.73 Å². The number of benzene rings is 1. The number of rotatable bonds is 6. The number of nitrogens with one attached hydrogen (secondary N) is 1. The van der Waals surface area contributed by atoms with E-state index in [9.17, 15) is 4.79 Å². The Morgan fingerprint density at radius 2 is 2.00 bits per heavy atom. The molecule has 1 aromatic heterocycles. The topological polar surface area (TPSA) is 72.9 Å². The number of nitrogens with two attached hydrogens (primary N) is 1. The van der Waals surface area contributed by atoms with Crippen LogP contribution < -0.4 is 11.1 Å². The number of hydrogen-bond acceptors (Lipinski definition) is 3.